The highest BCUT2D eigenvalue weighted by Gasteiger charge is 2.56. The van der Waals surface area contributed by atoms with Gasteiger partial charge in [0.2, 0.25) is 0 Å². The third-order valence-electron chi connectivity index (χ3n) is 19.0. The van der Waals surface area contributed by atoms with E-state index in [0.717, 1.165) is 94.9 Å². The summed E-state index contributed by atoms with van der Waals surface area (Å²) < 4.78 is 0. The van der Waals surface area contributed by atoms with Crippen LogP contribution in [-0.2, 0) is 25.7 Å². The van der Waals surface area contributed by atoms with E-state index in [9.17, 15) is 0 Å². The van der Waals surface area contributed by atoms with Crippen molar-refractivity contribution < 1.29 is 0 Å². The van der Waals surface area contributed by atoms with Gasteiger partial charge < -0.3 is 0 Å². The van der Waals surface area contributed by atoms with Crippen LogP contribution in [0.2, 0.25) is 0 Å². The largest absolute Gasteiger partial charge is 0.251 e. The molecular formula is C52H56N6. The molecule has 5 aromatic rings. The van der Waals surface area contributed by atoms with Crippen LogP contribution in [0.25, 0.3) is 45.6 Å². The summed E-state index contributed by atoms with van der Waals surface area (Å²) >= 11 is 0. The standard InChI is InChI=1S/C52H56N6/c1-49(2)29-17-25-9-13-37(53-41(25)33(49)21-29)45-46(38-14-10-26-18-30-22-34(42(26)54-38)50(30,3)4)58-48(40-16-12-28-20-32-24-36(44(28)56-40)52(32,7)8)47(57-45)39-15-11-27-19-31-23-35(43(27)55-39)51(31,5)6/h9-16,29-36H,17-24H2,1-8H3/t29-,30-,31-,32-,33-,34-,35-,36-/m0/s1. The molecule has 294 valence electrons. The van der Waals surface area contributed by atoms with Crippen molar-refractivity contribution in [3.63, 3.8) is 0 Å². The minimum absolute atomic E-state index is 0.268. The lowest BCUT2D eigenvalue weighted by Crippen LogP contribution is -2.48. The first-order valence-corrected chi connectivity index (χ1v) is 22.6. The predicted molar refractivity (Wildman–Crippen MR) is 228 cm³/mol. The Morgan fingerprint density at radius 2 is 0.552 bits per heavy atom. The number of nitrogens with zero attached hydrogens (tertiary/aromatic N) is 6. The van der Waals surface area contributed by atoms with E-state index in [1.165, 1.54) is 70.7 Å². The van der Waals surface area contributed by atoms with Crippen LogP contribution in [0.3, 0.4) is 0 Å². The lowest BCUT2D eigenvalue weighted by molar-refractivity contribution is 0.0155. The fourth-order valence-electron chi connectivity index (χ4n) is 14.0. The summed E-state index contributed by atoms with van der Waals surface area (Å²) in [6, 6.07) is 18.2. The van der Waals surface area contributed by atoms with Gasteiger partial charge in [-0.15, -0.1) is 0 Å². The average Bonchev–Trinajstić information content (AvgIpc) is 3.23. The number of hydrogen-bond donors (Lipinski definition) is 0. The van der Waals surface area contributed by atoms with Crippen molar-refractivity contribution in [3.05, 3.63) is 93.6 Å². The third kappa shape index (κ3) is 4.30. The predicted octanol–water partition coefficient (Wildman–Crippen LogP) is 11.5. The van der Waals surface area contributed by atoms with Crippen LogP contribution in [0.15, 0.2) is 48.5 Å². The molecule has 5 aromatic heterocycles. The molecule has 0 N–H and O–H groups in total. The van der Waals surface area contributed by atoms with Crippen LogP contribution >= 0.6 is 0 Å². The maximum atomic E-state index is 5.78. The van der Waals surface area contributed by atoms with E-state index in [2.05, 4.69) is 104 Å². The quantitative estimate of drug-likeness (QED) is 0.181. The molecule has 0 spiro atoms. The van der Waals surface area contributed by atoms with Crippen molar-refractivity contribution in [2.45, 2.75) is 130 Å². The topological polar surface area (TPSA) is 77.3 Å². The summed E-state index contributed by atoms with van der Waals surface area (Å²) in [4.78, 5) is 33.9. The maximum Gasteiger partial charge on any atom is 0.117 e. The molecule has 8 atom stereocenters. The van der Waals surface area contributed by atoms with Crippen LogP contribution in [0.4, 0.5) is 0 Å². The van der Waals surface area contributed by atoms with Crippen molar-refractivity contribution in [1.82, 2.24) is 29.9 Å². The van der Waals surface area contributed by atoms with Crippen molar-refractivity contribution in [2.24, 2.45) is 45.3 Å². The van der Waals surface area contributed by atoms with Crippen LogP contribution in [-0.4, -0.2) is 29.9 Å². The summed E-state index contributed by atoms with van der Waals surface area (Å²) in [5.74, 6) is 4.83. The first-order valence-electron chi connectivity index (χ1n) is 22.6. The molecule has 0 amide bonds. The first-order chi connectivity index (χ1) is 27.7. The van der Waals surface area contributed by atoms with Crippen LogP contribution in [0.1, 0.15) is 150 Å². The lowest BCUT2D eigenvalue weighted by Gasteiger charge is -2.56. The SMILES string of the molecule is CC1(C)[C@H]2Cc3ccc(-c4nc(-c5ccc6c(n5)[C@@H]5C[C@H](C6)C5(C)C)c(-c5ccc6c(n5)[C@@H]5C[C@H](C6)C5(C)C)nc4-c4ccc5c(n4)[C@@H]4C[C@H](C5)C4(C)C)nc3[C@@H]1C2. The minimum atomic E-state index is 0.268. The molecule has 6 nitrogen and oxygen atoms in total. The molecule has 12 aliphatic carbocycles. The molecule has 8 bridgehead atoms. The van der Waals surface area contributed by atoms with Crippen molar-refractivity contribution >= 4 is 0 Å². The molecule has 0 aliphatic heterocycles. The van der Waals surface area contributed by atoms with Gasteiger partial charge >= 0.3 is 0 Å². The molecule has 0 saturated heterocycles. The Balaban J connectivity index is 1.05. The van der Waals surface area contributed by atoms with Crippen LogP contribution in [0.5, 0.6) is 0 Å². The fourth-order valence-corrected chi connectivity index (χ4v) is 14.0. The zero-order valence-corrected chi connectivity index (χ0v) is 35.6. The number of pyridine rings is 4. The number of rotatable bonds is 4. The lowest BCUT2D eigenvalue weighted by atomic mass is 9.48. The maximum absolute atomic E-state index is 5.78. The second kappa shape index (κ2) is 10.9. The molecule has 0 aromatic carbocycles. The van der Waals surface area contributed by atoms with Crippen molar-refractivity contribution in [3.8, 4) is 45.6 Å². The molecular weight excluding hydrogens is 709 g/mol. The highest BCUT2D eigenvalue weighted by Crippen LogP contribution is 2.65. The molecule has 4 saturated carbocycles. The Morgan fingerprint density at radius 1 is 0.328 bits per heavy atom. The van der Waals surface area contributed by atoms with E-state index in [4.69, 9.17) is 29.9 Å². The Hall–Kier alpha value is -4.32. The molecule has 5 heterocycles. The van der Waals surface area contributed by atoms with E-state index in [1.54, 1.807) is 0 Å². The van der Waals surface area contributed by atoms with E-state index in [1.807, 2.05) is 0 Å². The summed E-state index contributed by atoms with van der Waals surface area (Å²) in [5, 5.41) is 0. The van der Waals surface area contributed by atoms with E-state index >= 15 is 0 Å². The molecule has 58 heavy (non-hydrogen) atoms. The van der Waals surface area contributed by atoms with E-state index < -0.39 is 0 Å². The monoisotopic (exact) mass is 764 g/mol. The van der Waals surface area contributed by atoms with Gasteiger partial charge in [-0.25, -0.2) is 9.97 Å². The Morgan fingerprint density at radius 3 is 0.759 bits per heavy atom. The summed E-state index contributed by atoms with van der Waals surface area (Å²) in [7, 11) is 0. The Bertz CT molecular complexity index is 2310. The summed E-state index contributed by atoms with van der Waals surface area (Å²) in [6.45, 7) is 19.5. The normalized spacial score (nSPS) is 32.1. The van der Waals surface area contributed by atoms with Gasteiger partial charge in [0.15, 0.2) is 0 Å². The molecule has 12 aliphatic rings. The second-order valence-corrected chi connectivity index (χ2v) is 22.6. The first kappa shape index (κ1) is 34.5. The highest BCUT2D eigenvalue weighted by atomic mass is 15.0. The molecule has 6 heteroatoms. The van der Waals surface area contributed by atoms with Gasteiger partial charge in [0, 0.05) is 46.4 Å². The second-order valence-electron chi connectivity index (χ2n) is 22.6. The molecule has 0 radical (unpaired) electrons. The molecule has 4 fully saturated rings. The van der Waals surface area contributed by atoms with Gasteiger partial charge in [0.05, 0.1) is 22.8 Å². The number of hydrogen-bond acceptors (Lipinski definition) is 6. The Kier molecular flexibility index (Phi) is 6.48. The van der Waals surface area contributed by atoms with Crippen LogP contribution in [0, 0.1) is 45.3 Å². The smallest absolute Gasteiger partial charge is 0.117 e. The third-order valence-corrected chi connectivity index (χ3v) is 19.0. The van der Waals surface area contributed by atoms with Gasteiger partial charge in [-0.1, -0.05) is 79.7 Å². The summed E-state index contributed by atoms with van der Waals surface area (Å²) in [5.41, 5.74) is 18.5. The van der Waals surface area contributed by atoms with Crippen molar-refractivity contribution in [2.75, 3.05) is 0 Å². The zero-order valence-electron chi connectivity index (χ0n) is 35.6. The van der Waals surface area contributed by atoms with Gasteiger partial charge in [0.25, 0.3) is 0 Å². The molecule has 17 rings (SSSR count). The minimum Gasteiger partial charge on any atom is -0.251 e. The van der Waals surface area contributed by atoms with E-state index in [0.29, 0.717) is 23.7 Å². The van der Waals surface area contributed by atoms with E-state index in [-0.39, 0.29) is 21.7 Å². The van der Waals surface area contributed by atoms with Gasteiger partial charge in [-0.05, 0) is 143 Å². The van der Waals surface area contributed by atoms with Crippen molar-refractivity contribution in [1.29, 1.82) is 0 Å². The van der Waals surface area contributed by atoms with Crippen LogP contribution < -0.4 is 0 Å². The molecule has 0 unspecified atom stereocenters. The van der Waals surface area contributed by atoms with Gasteiger partial charge in [-0.3, -0.25) is 19.9 Å². The van der Waals surface area contributed by atoms with Gasteiger partial charge in [0.1, 0.15) is 22.8 Å². The van der Waals surface area contributed by atoms with Gasteiger partial charge in [-0.2, -0.15) is 0 Å². The summed E-state index contributed by atoms with van der Waals surface area (Å²) in [6.07, 6.45) is 9.35. The zero-order chi connectivity index (χ0) is 39.4. The average molecular weight is 765 g/mol. The fraction of sp³-hybridized carbons (Fsp3) is 0.538. The Labute approximate surface area is 343 Å². The highest BCUT2D eigenvalue weighted by molar-refractivity contribution is 5.83. The number of aromatic nitrogens is 6.